The summed E-state index contributed by atoms with van der Waals surface area (Å²) in [5, 5.41) is 2.92. The summed E-state index contributed by atoms with van der Waals surface area (Å²) in [6.45, 7) is 4.78. The van der Waals surface area contributed by atoms with Gasteiger partial charge in [0.05, 0.1) is 18.9 Å². The molecule has 7 nitrogen and oxygen atoms in total. The van der Waals surface area contributed by atoms with Gasteiger partial charge in [-0.3, -0.25) is 19.6 Å². The van der Waals surface area contributed by atoms with Crippen molar-refractivity contribution < 1.29 is 9.53 Å². The molecule has 2 saturated heterocycles. The number of para-hydroxylation sites is 1. The van der Waals surface area contributed by atoms with Gasteiger partial charge in [0.2, 0.25) is 0 Å². The zero-order valence-corrected chi connectivity index (χ0v) is 13.4. The molecule has 2 aromatic rings. The first-order valence-electron chi connectivity index (χ1n) is 8.21. The Balaban J connectivity index is 1.44. The third-order valence-electron chi connectivity index (χ3n) is 4.68. The van der Waals surface area contributed by atoms with Gasteiger partial charge < -0.3 is 9.64 Å². The quantitative estimate of drug-likeness (QED) is 0.881. The number of likely N-dealkylation sites (tertiary alicyclic amines) is 1. The maximum atomic E-state index is 12.6. The van der Waals surface area contributed by atoms with E-state index in [0.717, 1.165) is 32.0 Å². The van der Waals surface area contributed by atoms with E-state index in [1.54, 1.807) is 4.90 Å². The molecule has 0 bridgehead atoms. The van der Waals surface area contributed by atoms with Gasteiger partial charge in [-0.2, -0.15) is 0 Å². The van der Waals surface area contributed by atoms with Crippen molar-refractivity contribution in [2.24, 2.45) is 0 Å². The van der Waals surface area contributed by atoms with E-state index in [0.29, 0.717) is 24.8 Å². The van der Waals surface area contributed by atoms with Crippen molar-refractivity contribution in [2.75, 3.05) is 39.4 Å². The molecule has 0 radical (unpaired) electrons. The Kier molecular flexibility index (Phi) is 3.95. The predicted octanol–water partition coefficient (Wildman–Crippen LogP) is 0.322. The number of H-pyrrole nitrogens is 1. The van der Waals surface area contributed by atoms with Gasteiger partial charge in [-0.05, 0) is 12.1 Å². The smallest absolute Gasteiger partial charge is 0.272 e. The molecule has 0 aliphatic carbocycles. The van der Waals surface area contributed by atoms with Gasteiger partial charge in [-0.15, -0.1) is 0 Å². The molecule has 1 amide bonds. The van der Waals surface area contributed by atoms with Crippen molar-refractivity contribution in [2.45, 2.75) is 6.04 Å². The summed E-state index contributed by atoms with van der Waals surface area (Å²) in [6.07, 6.45) is 0. The molecule has 0 unspecified atom stereocenters. The second kappa shape index (κ2) is 6.26. The number of morpholine rings is 1. The lowest BCUT2D eigenvalue weighted by Gasteiger charge is -2.46. The minimum Gasteiger partial charge on any atom is -0.379 e. The van der Waals surface area contributed by atoms with Crippen molar-refractivity contribution in [1.82, 2.24) is 19.6 Å². The van der Waals surface area contributed by atoms with Crippen LogP contribution in [0.15, 0.2) is 41.2 Å². The molecule has 0 saturated carbocycles. The fourth-order valence-corrected chi connectivity index (χ4v) is 3.24. The highest BCUT2D eigenvalue weighted by Crippen LogP contribution is 2.18. The Morgan fingerprint density at radius 2 is 1.83 bits per heavy atom. The lowest BCUT2D eigenvalue weighted by Crippen LogP contribution is -2.62. The lowest BCUT2D eigenvalue weighted by atomic mass is 10.1. The Labute approximate surface area is 139 Å². The van der Waals surface area contributed by atoms with Crippen LogP contribution in [0.1, 0.15) is 10.5 Å². The first-order valence-corrected chi connectivity index (χ1v) is 8.21. The van der Waals surface area contributed by atoms with Crippen LogP contribution in [-0.2, 0) is 4.74 Å². The minimum absolute atomic E-state index is 0.119. The number of nitrogens with zero attached hydrogens (tertiary/aromatic N) is 3. The first kappa shape index (κ1) is 15.2. The molecule has 1 N–H and O–H groups in total. The summed E-state index contributed by atoms with van der Waals surface area (Å²) in [7, 11) is 0. The number of rotatable bonds is 3. The number of hydrogen-bond acceptors (Lipinski definition) is 4. The number of carbonyl (C=O) groups excluding carboxylic acids is 1. The van der Waals surface area contributed by atoms with E-state index in [2.05, 4.69) is 10.00 Å². The summed E-state index contributed by atoms with van der Waals surface area (Å²) in [4.78, 5) is 28.8. The van der Waals surface area contributed by atoms with Crippen LogP contribution in [0.5, 0.6) is 0 Å². The Morgan fingerprint density at radius 1 is 1.12 bits per heavy atom. The zero-order chi connectivity index (χ0) is 16.5. The molecule has 1 aromatic carbocycles. The molecule has 2 aliphatic heterocycles. The number of nitrogens with one attached hydrogen (secondary N) is 1. The monoisotopic (exact) mass is 328 g/mol. The zero-order valence-electron chi connectivity index (χ0n) is 13.4. The van der Waals surface area contributed by atoms with Crippen LogP contribution in [-0.4, -0.2) is 70.9 Å². The molecule has 2 fully saturated rings. The Morgan fingerprint density at radius 3 is 2.54 bits per heavy atom. The number of amides is 1. The number of aromatic amines is 1. The molecule has 4 rings (SSSR count). The Bertz CT molecular complexity index is 771. The average molecular weight is 328 g/mol. The highest BCUT2D eigenvalue weighted by molar-refractivity contribution is 5.92. The second-order valence-corrected chi connectivity index (χ2v) is 6.19. The van der Waals surface area contributed by atoms with Crippen LogP contribution in [0.2, 0.25) is 0 Å². The summed E-state index contributed by atoms with van der Waals surface area (Å²) < 4.78 is 6.75. The van der Waals surface area contributed by atoms with E-state index in [9.17, 15) is 9.59 Å². The fourth-order valence-electron chi connectivity index (χ4n) is 3.24. The SMILES string of the molecule is O=C(c1cc(=O)n(-c2ccccc2)[nH]1)N1CC(N2CCOCC2)C1. The van der Waals surface area contributed by atoms with Crippen molar-refractivity contribution in [3.63, 3.8) is 0 Å². The Hall–Kier alpha value is -2.38. The van der Waals surface area contributed by atoms with E-state index < -0.39 is 0 Å². The maximum Gasteiger partial charge on any atom is 0.272 e. The first-order chi connectivity index (χ1) is 11.7. The predicted molar refractivity (Wildman–Crippen MR) is 88.5 cm³/mol. The number of ether oxygens (including phenoxy) is 1. The molecule has 2 aliphatic rings. The standard InChI is InChI=1S/C17H20N4O3/c22-16-10-15(18-21(16)13-4-2-1-3-5-13)17(23)20-11-14(12-20)19-6-8-24-9-7-19/h1-5,10,14,18H,6-9,11-12H2. The third kappa shape index (κ3) is 2.76. The normalized spacial score (nSPS) is 19.2. The summed E-state index contributed by atoms with van der Waals surface area (Å²) in [5.41, 5.74) is 0.829. The fraction of sp³-hybridized carbons (Fsp3) is 0.412. The van der Waals surface area contributed by atoms with Crippen LogP contribution >= 0.6 is 0 Å². The summed E-state index contributed by atoms with van der Waals surface area (Å²) in [6, 6.07) is 11.0. The molecule has 24 heavy (non-hydrogen) atoms. The largest absolute Gasteiger partial charge is 0.379 e. The van der Waals surface area contributed by atoms with Crippen LogP contribution in [0.3, 0.4) is 0 Å². The topological polar surface area (TPSA) is 70.6 Å². The average Bonchev–Trinajstić information content (AvgIpc) is 2.97. The van der Waals surface area contributed by atoms with Gasteiger partial charge in [0.15, 0.2) is 0 Å². The van der Waals surface area contributed by atoms with E-state index >= 15 is 0 Å². The minimum atomic E-state index is -0.227. The molecule has 0 atom stereocenters. The molecular formula is C17H20N4O3. The number of aromatic nitrogens is 2. The molecule has 126 valence electrons. The third-order valence-corrected chi connectivity index (χ3v) is 4.68. The van der Waals surface area contributed by atoms with E-state index in [1.165, 1.54) is 10.7 Å². The highest BCUT2D eigenvalue weighted by Gasteiger charge is 2.36. The molecule has 3 heterocycles. The van der Waals surface area contributed by atoms with Crippen molar-refractivity contribution in [3.8, 4) is 5.69 Å². The van der Waals surface area contributed by atoms with Crippen LogP contribution in [0.4, 0.5) is 0 Å². The van der Waals surface area contributed by atoms with Gasteiger partial charge >= 0.3 is 0 Å². The van der Waals surface area contributed by atoms with E-state index in [4.69, 9.17) is 4.74 Å². The van der Waals surface area contributed by atoms with Crippen LogP contribution in [0, 0.1) is 0 Å². The van der Waals surface area contributed by atoms with Gasteiger partial charge in [0.25, 0.3) is 11.5 Å². The summed E-state index contributed by atoms with van der Waals surface area (Å²) >= 11 is 0. The number of carbonyl (C=O) groups is 1. The van der Waals surface area contributed by atoms with Gasteiger partial charge in [-0.1, -0.05) is 18.2 Å². The maximum absolute atomic E-state index is 12.6. The van der Waals surface area contributed by atoms with E-state index in [1.807, 2.05) is 30.3 Å². The van der Waals surface area contributed by atoms with Crippen molar-refractivity contribution in [3.05, 3.63) is 52.4 Å². The number of hydrogen-bond donors (Lipinski definition) is 1. The molecule has 1 aromatic heterocycles. The van der Waals surface area contributed by atoms with Gasteiger partial charge in [-0.25, -0.2) is 4.68 Å². The lowest BCUT2D eigenvalue weighted by molar-refractivity contribution is -0.0257. The van der Waals surface area contributed by atoms with Crippen molar-refractivity contribution in [1.29, 1.82) is 0 Å². The van der Waals surface area contributed by atoms with E-state index in [-0.39, 0.29) is 11.5 Å². The highest BCUT2D eigenvalue weighted by atomic mass is 16.5. The second-order valence-electron chi connectivity index (χ2n) is 6.19. The van der Waals surface area contributed by atoms with Gasteiger partial charge in [0, 0.05) is 38.3 Å². The van der Waals surface area contributed by atoms with Gasteiger partial charge in [0.1, 0.15) is 5.69 Å². The van der Waals surface area contributed by atoms with Crippen molar-refractivity contribution >= 4 is 5.91 Å². The molecule has 7 heteroatoms. The number of benzene rings is 1. The summed E-state index contributed by atoms with van der Waals surface area (Å²) in [5.74, 6) is -0.119. The molecule has 0 spiro atoms. The van der Waals surface area contributed by atoms with Crippen LogP contribution in [0.25, 0.3) is 5.69 Å². The molecular weight excluding hydrogens is 308 g/mol. The van der Waals surface area contributed by atoms with Crippen LogP contribution < -0.4 is 5.56 Å².